The summed E-state index contributed by atoms with van der Waals surface area (Å²) in [6, 6.07) is 0.484. The SMILES string of the molecule is O=S1CCC(NCc2ncn[nH]2)CC1. The first-order valence-electron chi connectivity index (χ1n) is 4.77. The molecule has 0 saturated carbocycles. The lowest BCUT2D eigenvalue weighted by Gasteiger charge is -2.21. The van der Waals surface area contributed by atoms with E-state index in [0.29, 0.717) is 6.04 Å². The highest BCUT2D eigenvalue weighted by molar-refractivity contribution is 7.85. The van der Waals surface area contributed by atoms with Crippen molar-refractivity contribution in [3.8, 4) is 0 Å². The quantitative estimate of drug-likeness (QED) is 0.731. The zero-order chi connectivity index (χ0) is 9.80. The van der Waals surface area contributed by atoms with Crippen LogP contribution in [0, 0.1) is 0 Å². The molecule has 78 valence electrons. The molecule has 2 heterocycles. The lowest BCUT2D eigenvalue weighted by molar-refractivity contribution is 0.468. The number of nitrogens with zero attached hydrogens (tertiary/aromatic N) is 2. The zero-order valence-corrected chi connectivity index (χ0v) is 8.72. The van der Waals surface area contributed by atoms with Crippen LogP contribution in [-0.2, 0) is 17.3 Å². The highest BCUT2D eigenvalue weighted by Gasteiger charge is 2.17. The molecule has 0 spiro atoms. The van der Waals surface area contributed by atoms with Crippen molar-refractivity contribution in [2.24, 2.45) is 0 Å². The van der Waals surface area contributed by atoms with E-state index in [0.717, 1.165) is 36.7 Å². The number of nitrogens with one attached hydrogen (secondary N) is 2. The second-order valence-corrected chi connectivity index (χ2v) is 5.13. The van der Waals surface area contributed by atoms with E-state index in [1.54, 1.807) is 0 Å². The minimum atomic E-state index is -0.577. The third kappa shape index (κ3) is 2.62. The summed E-state index contributed by atoms with van der Waals surface area (Å²) < 4.78 is 11.1. The second-order valence-electron chi connectivity index (χ2n) is 3.44. The molecule has 0 amide bonds. The monoisotopic (exact) mass is 214 g/mol. The number of aromatic amines is 1. The molecule has 1 aromatic rings. The Morgan fingerprint density at radius 2 is 2.36 bits per heavy atom. The molecule has 0 radical (unpaired) electrons. The minimum absolute atomic E-state index is 0.484. The molecule has 2 N–H and O–H groups in total. The maximum atomic E-state index is 11.1. The van der Waals surface area contributed by atoms with Crippen LogP contribution in [0.2, 0.25) is 0 Å². The van der Waals surface area contributed by atoms with Gasteiger partial charge in [-0.1, -0.05) is 0 Å². The molecule has 6 heteroatoms. The molecular formula is C8H14N4OS. The van der Waals surface area contributed by atoms with Crippen molar-refractivity contribution >= 4 is 10.8 Å². The van der Waals surface area contributed by atoms with Crippen LogP contribution in [0.25, 0.3) is 0 Å². The van der Waals surface area contributed by atoms with Crippen molar-refractivity contribution in [1.82, 2.24) is 20.5 Å². The van der Waals surface area contributed by atoms with Gasteiger partial charge >= 0.3 is 0 Å². The summed E-state index contributed by atoms with van der Waals surface area (Å²) in [5, 5.41) is 9.95. The van der Waals surface area contributed by atoms with E-state index < -0.39 is 10.8 Å². The minimum Gasteiger partial charge on any atom is -0.307 e. The van der Waals surface area contributed by atoms with Crippen LogP contribution in [0.4, 0.5) is 0 Å². The summed E-state index contributed by atoms with van der Waals surface area (Å²) in [6.07, 6.45) is 3.51. The highest BCUT2D eigenvalue weighted by atomic mass is 32.2. The smallest absolute Gasteiger partial charge is 0.138 e. The van der Waals surface area contributed by atoms with Gasteiger partial charge in [-0.2, -0.15) is 5.10 Å². The Labute approximate surface area is 85.2 Å². The predicted octanol–water partition coefficient (Wildman–Crippen LogP) is -0.195. The second kappa shape index (κ2) is 4.65. The van der Waals surface area contributed by atoms with E-state index in [2.05, 4.69) is 20.5 Å². The van der Waals surface area contributed by atoms with Gasteiger partial charge in [-0.25, -0.2) is 4.98 Å². The Hall–Kier alpha value is -0.750. The lowest BCUT2D eigenvalue weighted by atomic mass is 10.1. The molecule has 0 bridgehead atoms. The van der Waals surface area contributed by atoms with Gasteiger partial charge in [0.05, 0.1) is 6.54 Å². The van der Waals surface area contributed by atoms with Crippen molar-refractivity contribution in [3.63, 3.8) is 0 Å². The number of hydrogen-bond donors (Lipinski definition) is 2. The molecule has 1 aliphatic heterocycles. The van der Waals surface area contributed by atoms with Crippen LogP contribution in [0.3, 0.4) is 0 Å². The predicted molar refractivity (Wildman–Crippen MR) is 54.1 cm³/mol. The highest BCUT2D eigenvalue weighted by Crippen LogP contribution is 2.09. The topological polar surface area (TPSA) is 70.7 Å². The summed E-state index contributed by atoms with van der Waals surface area (Å²) in [7, 11) is -0.577. The van der Waals surface area contributed by atoms with E-state index in [-0.39, 0.29) is 0 Å². The fraction of sp³-hybridized carbons (Fsp3) is 0.750. The molecule has 1 aliphatic rings. The molecule has 0 atom stereocenters. The first kappa shape index (κ1) is 9.79. The molecule has 2 rings (SSSR count). The van der Waals surface area contributed by atoms with Crippen LogP contribution < -0.4 is 5.32 Å². The van der Waals surface area contributed by atoms with Crippen LogP contribution in [0.1, 0.15) is 18.7 Å². The van der Waals surface area contributed by atoms with Gasteiger partial charge in [0.2, 0.25) is 0 Å². The van der Waals surface area contributed by atoms with Gasteiger partial charge in [-0.15, -0.1) is 0 Å². The average Bonchev–Trinajstić information content (AvgIpc) is 2.70. The Morgan fingerprint density at radius 1 is 1.57 bits per heavy atom. The maximum Gasteiger partial charge on any atom is 0.138 e. The number of hydrogen-bond acceptors (Lipinski definition) is 4. The van der Waals surface area contributed by atoms with E-state index in [1.807, 2.05) is 0 Å². The lowest BCUT2D eigenvalue weighted by Crippen LogP contribution is -2.35. The zero-order valence-electron chi connectivity index (χ0n) is 7.90. The number of H-pyrrole nitrogens is 1. The van der Waals surface area contributed by atoms with Crippen molar-refractivity contribution in [2.75, 3.05) is 11.5 Å². The fourth-order valence-corrected chi connectivity index (χ4v) is 2.85. The molecule has 5 nitrogen and oxygen atoms in total. The third-order valence-corrected chi connectivity index (χ3v) is 3.79. The third-order valence-electron chi connectivity index (χ3n) is 2.41. The maximum absolute atomic E-state index is 11.1. The van der Waals surface area contributed by atoms with E-state index >= 15 is 0 Å². The van der Waals surface area contributed by atoms with Crippen LogP contribution in [0.15, 0.2) is 6.33 Å². The Morgan fingerprint density at radius 3 is 3.00 bits per heavy atom. The van der Waals surface area contributed by atoms with Crippen molar-refractivity contribution in [1.29, 1.82) is 0 Å². The summed E-state index contributed by atoms with van der Waals surface area (Å²) in [5.74, 6) is 2.51. The van der Waals surface area contributed by atoms with Crippen LogP contribution in [0.5, 0.6) is 0 Å². The molecule has 1 saturated heterocycles. The Bertz CT molecular complexity index is 290. The molecule has 1 fully saturated rings. The first-order chi connectivity index (χ1) is 6.84. The summed E-state index contributed by atoms with van der Waals surface area (Å²) in [4.78, 5) is 4.03. The van der Waals surface area contributed by atoms with E-state index in [1.165, 1.54) is 6.33 Å². The molecule has 14 heavy (non-hydrogen) atoms. The van der Waals surface area contributed by atoms with Gasteiger partial charge in [-0.3, -0.25) is 9.31 Å². The summed E-state index contributed by atoms with van der Waals surface area (Å²) in [6.45, 7) is 0.720. The van der Waals surface area contributed by atoms with Crippen molar-refractivity contribution in [3.05, 3.63) is 12.2 Å². The summed E-state index contributed by atoms with van der Waals surface area (Å²) >= 11 is 0. The van der Waals surface area contributed by atoms with Gasteiger partial charge in [0.25, 0.3) is 0 Å². The molecular weight excluding hydrogens is 200 g/mol. The Kier molecular flexibility index (Phi) is 3.26. The molecule has 0 aromatic carbocycles. The van der Waals surface area contributed by atoms with Gasteiger partial charge in [-0.05, 0) is 12.8 Å². The number of aromatic nitrogens is 3. The van der Waals surface area contributed by atoms with Gasteiger partial charge in [0, 0.05) is 28.3 Å². The van der Waals surface area contributed by atoms with Crippen LogP contribution >= 0.6 is 0 Å². The number of rotatable bonds is 3. The molecule has 0 aliphatic carbocycles. The van der Waals surface area contributed by atoms with Gasteiger partial charge in [0.15, 0.2) is 0 Å². The van der Waals surface area contributed by atoms with Gasteiger partial charge < -0.3 is 5.32 Å². The summed E-state index contributed by atoms with van der Waals surface area (Å²) in [5.41, 5.74) is 0. The standard InChI is InChI=1S/C8H14N4OS/c13-14-3-1-7(2-4-14)9-5-8-10-6-11-12-8/h6-7,9H,1-5H2,(H,10,11,12). The average molecular weight is 214 g/mol. The normalized spacial score (nSPS) is 27.7. The van der Waals surface area contributed by atoms with Crippen molar-refractivity contribution in [2.45, 2.75) is 25.4 Å². The van der Waals surface area contributed by atoms with Crippen LogP contribution in [-0.4, -0.2) is 36.9 Å². The first-order valence-corrected chi connectivity index (χ1v) is 6.26. The Balaban J connectivity index is 1.73. The fourth-order valence-electron chi connectivity index (χ4n) is 1.55. The van der Waals surface area contributed by atoms with E-state index in [4.69, 9.17) is 0 Å². The largest absolute Gasteiger partial charge is 0.307 e. The molecule has 1 aromatic heterocycles. The van der Waals surface area contributed by atoms with Gasteiger partial charge in [0.1, 0.15) is 12.2 Å². The van der Waals surface area contributed by atoms with Crippen molar-refractivity contribution < 1.29 is 4.21 Å². The molecule has 0 unspecified atom stereocenters. The van der Waals surface area contributed by atoms with E-state index in [9.17, 15) is 4.21 Å².